The van der Waals surface area contributed by atoms with E-state index in [2.05, 4.69) is 22.3 Å². The first-order valence-electron chi connectivity index (χ1n) is 9.07. The normalized spacial score (nSPS) is 15.3. The largest absolute Gasteiger partial charge is 0.350 e. The van der Waals surface area contributed by atoms with Gasteiger partial charge in [-0.05, 0) is 44.3 Å². The highest BCUT2D eigenvalue weighted by atomic mass is 35.5. The van der Waals surface area contributed by atoms with Crippen LogP contribution < -0.4 is 10.2 Å². The molecule has 0 aromatic heterocycles. The predicted molar refractivity (Wildman–Crippen MR) is 108 cm³/mol. The number of benzene rings is 2. The zero-order chi connectivity index (χ0) is 19.4. The van der Waals surface area contributed by atoms with E-state index in [9.17, 15) is 9.59 Å². The Kier molecular flexibility index (Phi) is 6.14. The van der Waals surface area contributed by atoms with Gasteiger partial charge < -0.3 is 15.1 Å². The molecule has 1 aliphatic rings. The first-order chi connectivity index (χ1) is 13.0. The van der Waals surface area contributed by atoms with Gasteiger partial charge in [-0.15, -0.1) is 0 Å². The monoisotopic (exact) mass is 385 g/mol. The molecule has 1 N–H and O–H groups in total. The van der Waals surface area contributed by atoms with Crippen LogP contribution >= 0.6 is 11.6 Å². The number of carbonyl (C=O) groups excluding carboxylic acids is 2. The van der Waals surface area contributed by atoms with Gasteiger partial charge in [-0.25, -0.2) is 0 Å². The van der Waals surface area contributed by atoms with Crippen LogP contribution in [0.1, 0.15) is 34.8 Å². The van der Waals surface area contributed by atoms with Gasteiger partial charge in [-0.2, -0.15) is 0 Å². The topological polar surface area (TPSA) is 52.7 Å². The Hall–Kier alpha value is -2.37. The molecule has 2 aromatic carbocycles. The van der Waals surface area contributed by atoms with Crippen LogP contribution in [-0.4, -0.2) is 43.9 Å². The van der Waals surface area contributed by atoms with Crippen LogP contribution in [0.2, 0.25) is 5.02 Å². The molecule has 6 heteroatoms. The Balaban J connectivity index is 1.73. The molecule has 1 fully saturated rings. The molecule has 1 saturated heterocycles. The van der Waals surface area contributed by atoms with Crippen LogP contribution in [0.5, 0.6) is 0 Å². The molecule has 1 heterocycles. The van der Waals surface area contributed by atoms with E-state index in [4.69, 9.17) is 11.6 Å². The summed E-state index contributed by atoms with van der Waals surface area (Å²) in [5, 5.41) is 3.48. The third-order valence-corrected chi connectivity index (χ3v) is 5.16. The van der Waals surface area contributed by atoms with Crippen LogP contribution in [0.3, 0.4) is 0 Å². The van der Waals surface area contributed by atoms with Crippen molar-refractivity contribution in [2.24, 2.45) is 0 Å². The standard InChI is InChI=1S/C21H24ClN3O2/c1-24(2)19(15-7-4-3-5-8-15)14-23-21(27)16-10-11-17(22)18(13-16)25-12-6-9-20(25)26/h3-5,7-8,10-11,13,19H,6,9,12,14H2,1-2H3,(H,23,27)/t19-/m1/s1. The fourth-order valence-electron chi connectivity index (χ4n) is 3.33. The van der Waals surface area contributed by atoms with Gasteiger partial charge in [0.2, 0.25) is 5.91 Å². The fraction of sp³-hybridized carbons (Fsp3) is 0.333. The average Bonchev–Trinajstić information content (AvgIpc) is 3.08. The molecular weight excluding hydrogens is 362 g/mol. The van der Waals surface area contributed by atoms with Crippen molar-refractivity contribution in [3.8, 4) is 0 Å². The fourth-order valence-corrected chi connectivity index (χ4v) is 3.55. The number of hydrogen-bond acceptors (Lipinski definition) is 3. The molecule has 1 atom stereocenters. The number of hydrogen-bond donors (Lipinski definition) is 1. The maximum absolute atomic E-state index is 12.7. The Morgan fingerprint density at radius 3 is 2.59 bits per heavy atom. The van der Waals surface area contributed by atoms with E-state index < -0.39 is 0 Å². The van der Waals surface area contributed by atoms with Crippen LogP contribution in [-0.2, 0) is 4.79 Å². The van der Waals surface area contributed by atoms with Crippen LogP contribution in [0.25, 0.3) is 0 Å². The number of nitrogens with zero attached hydrogens (tertiary/aromatic N) is 2. The number of likely N-dealkylation sites (N-methyl/N-ethyl adjacent to an activating group) is 1. The summed E-state index contributed by atoms with van der Waals surface area (Å²) in [5.74, 6) is -0.131. The van der Waals surface area contributed by atoms with E-state index in [0.717, 1.165) is 12.0 Å². The number of nitrogens with one attached hydrogen (secondary N) is 1. The average molecular weight is 386 g/mol. The summed E-state index contributed by atoms with van der Waals surface area (Å²) >= 11 is 6.26. The van der Waals surface area contributed by atoms with E-state index in [1.54, 1.807) is 23.1 Å². The summed E-state index contributed by atoms with van der Waals surface area (Å²) in [6, 6.07) is 15.2. The van der Waals surface area contributed by atoms with Gasteiger partial charge in [-0.3, -0.25) is 9.59 Å². The van der Waals surface area contributed by atoms with Crippen molar-refractivity contribution in [3.63, 3.8) is 0 Å². The lowest BCUT2D eigenvalue weighted by Gasteiger charge is -2.25. The van der Waals surface area contributed by atoms with Crippen LogP contribution in [0.15, 0.2) is 48.5 Å². The number of anilines is 1. The van der Waals surface area contributed by atoms with Gasteiger partial charge in [0.1, 0.15) is 0 Å². The Morgan fingerprint density at radius 1 is 1.22 bits per heavy atom. The van der Waals surface area contributed by atoms with Gasteiger partial charge in [0.15, 0.2) is 0 Å². The van der Waals surface area contributed by atoms with Gasteiger partial charge in [-0.1, -0.05) is 41.9 Å². The van der Waals surface area contributed by atoms with Crippen molar-refractivity contribution in [3.05, 3.63) is 64.7 Å². The third-order valence-electron chi connectivity index (χ3n) is 4.84. The van der Waals surface area contributed by atoms with Crippen LogP contribution in [0, 0.1) is 0 Å². The Bertz CT molecular complexity index is 823. The molecule has 0 radical (unpaired) electrons. The van der Waals surface area contributed by atoms with Crippen molar-refractivity contribution in [2.75, 3.05) is 32.1 Å². The van der Waals surface area contributed by atoms with Gasteiger partial charge in [0.05, 0.1) is 16.8 Å². The molecule has 5 nitrogen and oxygen atoms in total. The summed E-state index contributed by atoms with van der Waals surface area (Å²) < 4.78 is 0. The van der Waals surface area contributed by atoms with E-state index in [-0.39, 0.29) is 17.9 Å². The quantitative estimate of drug-likeness (QED) is 0.828. The molecule has 0 spiro atoms. The molecule has 0 bridgehead atoms. The van der Waals surface area contributed by atoms with E-state index in [1.807, 2.05) is 32.3 Å². The van der Waals surface area contributed by atoms with Crippen LogP contribution in [0.4, 0.5) is 5.69 Å². The van der Waals surface area contributed by atoms with Gasteiger partial charge in [0, 0.05) is 25.1 Å². The van der Waals surface area contributed by atoms with Crippen molar-refractivity contribution < 1.29 is 9.59 Å². The lowest BCUT2D eigenvalue weighted by molar-refractivity contribution is -0.117. The lowest BCUT2D eigenvalue weighted by Crippen LogP contribution is -2.34. The highest BCUT2D eigenvalue weighted by molar-refractivity contribution is 6.34. The third kappa shape index (κ3) is 4.49. The minimum atomic E-state index is -0.178. The summed E-state index contributed by atoms with van der Waals surface area (Å²) in [6.07, 6.45) is 1.33. The maximum Gasteiger partial charge on any atom is 0.251 e. The van der Waals surface area contributed by atoms with Crippen molar-refractivity contribution in [1.29, 1.82) is 0 Å². The Labute approximate surface area is 164 Å². The SMILES string of the molecule is CN(C)[C@H](CNC(=O)c1ccc(Cl)c(N2CCCC2=O)c1)c1ccccc1. The molecule has 27 heavy (non-hydrogen) atoms. The molecular formula is C21H24ClN3O2. The van der Waals surface area contributed by atoms with E-state index in [1.165, 1.54) is 0 Å². The molecule has 0 aliphatic carbocycles. The summed E-state index contributed by atoms with van der Waals surface area (Å²) in [7, 11) is 3.98. The predicted octanol–water partition coefficient (Wildman–Crippen LogP) is 3.50. The smallest absolute Gasteiger partial charge is 0.251 e. The second-order valence-corrected chi connectivity index (χ2v) is 7.32. The second-order valence-electron chi connectivity index (χ2n) is 6.92. The number of amides is 2. The first kappa shape index (κ1) is 19.4. The zero-order valence-electron chi connectivity index (χ0n) is 15.6. The van der Waals surface area contributed by atoms with E-state index in [0.29, 0.717) is 35.8 Å². The zero-order valence-corrected chi connectivity index (χ0v) is 16.4. The summed E-state index contributed by atoms with van der Waals surface area (Å²) in [4.78, 5) is 28.4. The first-order valence-corrected chi connectivity index (χ1v) is 9.44. The van der Waals surface area contributed by atoms with Gasteiger partial charge >= 0.3 is 0 Å². The molecule has 3 rings (SSSR count). The molecule has 1 aliphatic heterocycles. The van der Waals surface area contributed by atoms with Gasteiger partial charge in [0.25, 0.3) is 5.91 Å². The van der Waals surface area contributed by atoms with Crippen molar-refractivity contribution in [2.45, 2.75) is 18.9 Å². The molecule has 142 valence electrons. The highest BCUT2D eigenvalue weighted by Gasteiger charge is 2.24. The van der Waals surface area contributed by atoms with Crippen molar-refractivity contribution in [1.82, 2.24) is 10.2 Å². The molecule has 2 aromatic rings. The number of rotatable bonds is 6. The Morgan fingerprint density at radius 2 is 1.96 bits per heavy atom. The summed E-state index contributed by atoms with van der Waals surface area (Å²) in [5.41, 5.74) is 2.25. The van der Waals surface area contributed by atoms with E-state index >= 15 is 0 Å². The minimum Gasteiger partial charge on any atom is -0.350 e. The molecule has 0 saturated carbocycles. The summed E-state index contributed by atoms with van der Waals surface area (Å²) in [6.45, 7) is 1.12. The maximum atomic E-state index is 12.7. The van der Waals surface area contributed by atoms with Crippen molar-refractivity contribution >= 4 is 29.1 Å². The molecule has 2 amide bonds. The number of carbonyl (C=O) groups is 2. The highest BCUT2D eigenvalue weighted by Crippen LogP contribution is 2.30. The number of halogens is 1. The second kappa shape index (κ2) is 8.55. The molecule has 0 unspecified atom stereocenters. The minimum absolute atomic E-state index is 0.0474. The lowest BCUT2D eigenvalue weighted by atomic mass is 10.1.